The van der Waals surface area contributed by atoms with E-state index in [2.05, 4.69) is 10.1 Å². The van der Waals surface area contributed by atoms with Crippen LogP contribution in [0.2, 0.25) is 10.0 Å². The van der Waals surface area contributed by atoms with Gasteiger partial charge in [0.05, 0.1) is 5.92 Å². The van der Waals surface area contributed by atoms with Crippen LogP contribution in [0.5, 0.6) is 0 Å². The second-order valence-electron chi connectivity index (χ2n) is 4.50. The van der Waals surface area contributed by atoms with Gasteiger partial charge in [0.1, 0.15) is 5.78 Å². The molecule has 1 atom stereocenters. The Morgan fingerprint density at radius 3 is 2.80 bits per heavy atom. The maximum Gasteiger partial charge on any atom is 0.236 e. The first-order valence-corrected chi connectivity index (χ1v) is 7.06. The lowest BCUT2D eigenvalue weighted by atomic mass is 10.1. The summed E-state index contributed by atoms with van der Waals surface area (Å²) in [5, 5.41) is 5.02. The summed E-state index contributed by atoms with van der Waals surface area (Å²) in [6.45, 7) is 3.57. The summed E-state index contributed by atoms with van der Waals surface area (Å²) >= 11 is 11.9. The summed E-state index contributed by atoms with van der Waals surface area (Å²) in [5.74, 6) is 0.545. The highest BCUT2D eigenvalue weighted by molar-refractivity contribution is 6.35. The zero-order valence-corrected chi connectivity index (χ0v) is 12.7. The van der Waals surface area contributed by atoms with Crippen molar-refractivity contribution in [2.24, 2.45) is 0 Å². The highest BCUT2D eigenvalue weighted by Gasteiger charge is 2.20. The number of halogens is 2. The Hall–Kier alpha value is -1.39. The highest BCUT2D eigenvalue weighted by atomic mass is 35.5. The Morgan fingerprint density at radius 1 is 1.40 bits per heavy atom. The number of hydrogen-bond donors (Lipinski definition) is 0. The first-order valence-electron chi connectivity index (χ1n) is 6.30. The molecule has 0 aliphatic carbocycles. The van der Waals surface area contributed by atoms with Gasteiger partial charge in [-0.1, -0.05) is 41.3 Å². The zero-order valence-electron chi connectivity index (χ0n) is 11.2. The van der Waals surface area contributed by atoms with Gasteiger partial charge in [0.2, 0.25) is 5.89 Å². The molecule has 0 spiro atoms. The molecule has 0 radical (unpaired) electrons. The molecular weight excluding hydrogens is 299 g/mol. The minimum atomic E-state index is -0.373. The quantitative estimate of drug-likeness (QED) is 0.835. The molecule has 2 aromatic rings. The van der Waals surface area contributed by atoms with Crippen molar-refractivity contribution in [1.29, 1.82) is 0 Å². The molecule has 0 amide bonds. The molecule has 0 saturated carbocycles. The number of nitrogens with zero attached hydrogens (tertiary/aromatic N) is 2. The van der Waals surface area contributed by atoms with Crippen LogP contribution >= 0.6 is 23.2 Å². The zero-order chi connectivity index (χ0) is 14.7. The Labute approximate surface area is 127 Å². The average Bonchev–Trinajstić information content (AvgIpc) is 2.88. The van der Waals surface area contributed by atoms with E-state index in [-0.39, 0.29) is 11.7 Å². The lowest BCUT2D eigenvalue weighted by Gasteiger charge is -2.02. The van der Waals surface area contributed by atoms with Gasteiger partial charge < -0.3 is 4.52 Å². The SMILES string of the molecule is CCC(=O)C(C)c1nc(Cc2ccc(Cl)cc2Cl)no1. The third kappa shape index (κ3) is 3.38. The minimum absolute atomic E-state index is 0.0738. The number of carbonyl (C=O) groups excluding carboxylic acids is 1. The first-order chi connectivity index (χ1) is 9.51. The van der Waals surface area contributed by atoms with E-state index >= 15 is 0 Å². The van der Waals surface area contributed by atoms with Crippen LogP contribution in [0.25, 0.3) is 0 Å². The number of rotatable bonds is 5. The van der Waals surface area contributed by atoms with E-state index in [1.165, 1.54) is 0 Å². The van der Waals surface area contributed by atoms with Crippen molar-refractivity contribution in [3.8, 4) is 0 Å². The molecule has 0 aliphatic heterocycles. The van der Waals surface area contributed by atoms with Gasteiger partial charge in [-0.3, -0.25) is 4.79 Å². The molecule has 0 bridgehead atoms. The predicted octanol–water partition coefficient (Wildman–Crippen LogP) is 4.05. The van der Waals surface area contributed by atoms with Crippen LogP contribution in [0.15, 0.2) is 22.7 Å². The van der Waals surface area contributed by atoms with Crippen LogP contribution in [0, 0.1) is 0 Å². The topological polar surface area (TPSA) is 56.0 Å². The van der Waals surface area contributed by atoms with Gasteiger partial charge >= 0.3 is 0 Å². The van der Waals surface area contributed by atoms with E-state index in [4.69, 9.17) is 27.7 Å². The molecular formula is C14H14Cl2N2O2. The number of benzene rings is 1. The molecule has 0 N–H and O–H groups in total. The van der Waals surface area contributed by atoms with Crippen LogP contribution in [0.3, 0.4) is 0 Å². The van der Waals surface area contributed by atoms with Gasteiger partial charge in [0.25, 0.3) is 0 Å². The fraction of sp³-hybridized carbons (Fsp3) is 0.357. The smallest absolute Gasteiger partial charge is 0.236 e. The molecule has 1 aromatic heterocycles. The second kappa shape index (κ2) is 6.37. The molecule has 0 aliphatic rings. The van der Waals surface area contributed by atoms with Gasteiger partial charge in [-0.15, -0.1) is 0 Å². The molecule has 1 heterocycles. The maximum absolute atomic E-state index is 11.6. The number of Topliss-reactive ketones (excluding diaryl/α,β-unsaturated/α-hetero) is 1. The van der Waals surface area contributed by atoms with Crippen molar-refractivity contribution >= 4 is 29.0 Å². The van der Waals surface area contributed by atoms with Crippen molar-refractivity contribution in [1.82, 2.24) is 10.1 Å². The molecule has 20 heavy (non-hydrogen) atoms. The molecule has 0 fully saturated rings. The fourth-order valence-corrected chi connectivity index (χ4v) is 2.27. The van der Waals surface area contributed by atoms with E-state index < -0.39 is 0 Å². The number of hydrogen-bond acceptors (Lipinski definition) is 4. The van der Waals surface area contributed by atoms with E-state index in [0.717, 1.165) is 5.56 Å². The van der Waals surface area contributed by atoms with Crippen LogP contribution < -0.4 is 0 Å². The Kier molecular flexibility index (Phi) is 4.78. The molecule has 2 rings (SSSR count). The largest absolute Gasteiger partial charge is 0.339 e. The number of ketones is 1. The summed E-state index contributed by atoms with van der Waals surface area (Å²) in [4.78, 5) is 15.9. The standard InChI is InChI=1S/C14H14Cl2N2O2/c1-3-12(19)8(2)14-17-13(18-20-14)6-9-4-5-10(15)7-11(9)16/h4-5,7-8H,3,6H2,1-2H3. The maximum atomic E-state index is 11.6. The molecule has 0 saturated heterocycles. The minimum Gasteiger partial charge on any atom is -0.339 e. The van der Waals surface area contributed by atoms with Gasteiger partial charge in [0, 0.05) is 22.9 Å². The Balaban J connectivity index is 2.15. The van der Waals surface area contributed by atoms with Crippen molar-refractivity contribution in [3.05, 3.63) is 45.5 Å². The third-order valence-corrected chi connectivity index (χ3v) is 3.64. The predicted molar refractivity (Wildman–Crippen MR) is 77.3 cm³/mol. The summed E-state index contributed by atoms with van der Waals surface area (Å²) in [7, 11) is 0. The van der Waals surface area contributed by atoms with E-state index in [0.29, 0.717) is 34.6 Å². The monoisotopic (exact) mass is 312 g/mol. The van der Waals surface area contributed by atoms with Crippen LogP contribution in [-0.2, 0) is 11.2 Å². The van der Waals surface area contributed by atoms with Crippen LogP contribution in [0.1, 0.15) is 43.5 Å². The highest BCUT2D eigenvalue weighted by Crippen LogP contribution is 2.23. The van der Waals surface area contributed by atoms with E-state index in [1.54, 1.807) is 19.1 Å². The summed E-state index contributed by atoms with van der Waals surface area (Å²) in [6, 6.07) is 5.25. The van der Waals surface area contributed by atoms with Crippen molar-refractivity contribution in [2.45, 2.75) is 32.6 Å². The molecule has 106 valence electrons. The lowest BCUT2D eigenvalue weighted by molar-refractivity contribution is -0.120. The van der Waals surface area contributed by atoms with Gasteiger partial charge in [0.15, 0.2) is 5.82 Å². The van der Waals surface area contributed by atoms with Crippen molar-refractivity contribution in [3.63, 3.8) is 0 Å². The van der Waals surface area contributed by atoms with E-state index in [9.17, 15) is 4.79 Å². The summed E-state index contributed by atoms with van der Waals surface area (Å²) in [5.41, 5.74) is 0.859. The van der Waals surface area contributed by atoms with Crippen molar-refractivity contribution < 1.29 is 9.32 Å². The number of carbonyl (C=O) groups is 1. The average molecular weight is 313 g/mol. The van der Waals surface area contributed by atoms with Crippen LogP contribution in [0.4, 0.5) is 0 Å². The van der Waals surface area contributed by atoms with Crippen molar-refractivity contribution in [2.75, 3.05) is 0 Å². The number of aromatic nitrogens is 2. The molecule has 1 aromatic carbocycles. The van der Waals surface area contributed by atoms with Gasteiger partial charge in [-0.25, -0.2) is 0 Å². The van der Waals surface area contributed by atoms with Gasteiger partial charge in [-0.05, 0) is 24.6 Å². The van der Waals surface area contributed by atoms with E-state index in [1.807, 2.05) is 13.0 Å². The Bertz CT molecular complexity index is 625. The molecule has 6 heteroatoms. The normalized spacial score (nSPS) is 12.4. The van der Waals surface area contributed by atoms with Gasteiger partial charge in [-0.2, -0.15) is 4.98 Å². The summed E-state index contributed by atoms with van der Waals surface area (Å²) in [6.07, 6.45) is 0.883. The van der Waals surface area contributed by atoms with Crippen LogP contribution in [-0.4, -0.2) is 15.9 Å². The lowest BCUT2D eigenvalue weighted by Crippen LogP contribution is -2.07. The first kappa shape index (κ1) is 15.0. The molecule has 4 nitrogen and oxygen atoms in total. The second-order valence-corrected chi connectivity index (χ2v) is 5.35. The summed E-state index contributed by atoms with van der Waals surface area (Å²) < 4.78 is 5.13. The fourth-order valence-electron chi connectivity index (χ4n) is 1.79. The Morgan fingerprint density at radius 2 is 2.15 bits per heavy atom. The molecule has 1 unspecified atom stereocenters. The third-order valence-electron chi connectivity index (χ3n) is 3.05.